The molecule has 184 valence electrons. The first kappa shape index (κ1) is 23.8. The van der Waals surface area contributed by atoms with Gasteiger partial charge in [0.25, 0.3) is 5.69 Å². The Hall–Kier alpha value is -4.92. The molecule has 0 atom stereocenters. The van der Waals surface area contributed by atoms with Crippen molar-refractivity contribution in [1.29, 1.82) is 0 Å². The Balaban J connectivity index is 1.64. The molecule has 1 aromatic heterocycles. The van der Waals surface area contributed by atoms with Gasteiger partial charge < -0.3 is 4.57 Å². The van der Waals surface area contributed by atoms with Crippen LogP contribution in [0.1, 0.15) is 11.1 Å². The molecule has 0 unspecified atom stereocenters. The number of nitrogens with zero attached hydrogens (tertiary/aromatic N) is 3. The topological polar surface area (TPSA) is 72.5 Å². The number of fused-ring (bicyclic) bond motifs is 1. The van der Waals surface area contributed by atoms with Crippen LogP contribution in [0.5, 0.6) is 0 Å². The predicted octanol–water partition coefficient (Wildman–Crippen LogP) is 7.67. The van der Waals surface area contributed by atoms with Gasteiger partial charge in [-0.15, -0.1) is 0 Å². The van der Waals surface area contributed by atoms with E-state index in [1.807, 2.05) is 84.9 Å². The van der Waals surface area contributed by atoms with Gasteiger partial charge >= 0.3 is 6.18 Å². The monoisotopic (exact) mass is 500 g/mol. The Labute approximate surface area is 209 Å². The van der Waals surface area contributed by atoms with Gasteiger partial charge in [-0.05, 0) is 35.9 Å². The van der Waals surface area contributed by atoms with E-state index in [0.29, 0.717) is 6.07 Å². The molecule has 37 heavy (non-hydrogen) atoms. The summed E-state index contributed by atoms with van der Waals surface area (Å²) in [6, 6.07) is 29.5. The van der Waals surface area contributed by atoms with E-state index in [1.165, 1.54) is 6.21 Å². The number of para-hydroxylation sites is 2. The third-order valence-electron chi connectivity index (χ3n) is 5.88. The molecular weight excluding hydrogens is 481 g/mol. The van der Waals surface area contributed by atoms with Crippen molar-refractivity contribution in [3.8, 4) is 16.9 Å². The molecule has 9 heteroatoms. The van der Waals surface area contributed by atoms with E-state index < -0.39 is 22.4 Å². The van der Waals surface area contributed by atoms with Crippen molar-refractivity contribution >= 4 is 28.5 Å². The van der Waals surface area contributed by atoms with E-state index >= 15 is 0 Å². The second kappa shape index (κ2) is 9.62. The molecular formula is C28H19F3N4O2. The maximum Gasteiger partial charge on any atom is 0.416 e. The lowest BCUT2D eigenvalue weighted by Crippen LogP contribution is -2.06. The van der Waals surface area contributed by atoms with Crippen molar-refractivity contribution in [2.45, 2.75) is 6.18 Å². The van der Waals surface area contributed by atoms with Gasteiger partial charge in [0.15, 0.2) is 0 Å². The van der Waals surface area contributed by atoms with Crippen LogP contribution >= 0.6 is 0 Å². The molecule has 1 heterocycles. The molecule has 5 rings (SSSR count). The summed E-state index contributed by atoms with van der Waals surface area (Å²) < 4.78 is 41.3. The second-order valence-electron chi connectivity index (χ2n) is 8.17. The minimum Gasteiger partial charge on any atom is -0.309 e. The number of anilines is 1. The van der Waals surface area contributed by atoms with Gasteiger partial charge in [-0.1, -0.05) is 66.7 Å². The average Bonchev–Trinajstić information content (AvgIpc) is 3.23. The van der Waals surface area contributed by atoms with E-state index in [9.17, 15) is 23.3 Å². The average molecular weight is 500 g/mol. The highest BCUT2D eigenvalue weighted by Gasteiger charge is 2.33. The van der Waals surface area contributed by atoms with E-state index in [0.717, 1.165) is 45.5 Å². The van der Waals surface area contributed by atoms with Crippen LogP contribution in [0.3, 0.4) is 0 Å². The molecule has 0 radical (unpaired) electrons. The summed E-state index contributed by atoms with van der Waals surface area (Å²) in [4.78, 5) is 10.6. The van der Waals surface area contributed by atoms with E-state index in [4.69, 9.17) is 0 Å². The molecule has 4 aromatic carbocycles. The third-order valence-corrected chi connectivity index (χ3v) is 5.88. The number of nitro benzene ring substituents is 1. The first-order valence-electron chi connectivity index (χ1n) is 11.2. The van der Waals surface area contributed by atoms with Crippen LogP contribution in [0.15, 0.2) is 108 Å². The lowest BCUT2D eigenvalue weighted by molar-refractivity contribution is -0.384. The zero-order valence-corrected chi connectivity index (χ0v) is 19.2. The van der Waals surface area contributed by atoms with Crippen molar-refractivity contribution in [2.75, 3.05) is 5.43 Å². The summed E-state index contributed by atoms with van der Waals surface area (Å²) in [5.74, 6) is 0. The highest BCUT2D eigenvalue weighted by atomic mass is 19.4. The molecule has 0 aliphatic rings. The predicted molar refractivity (Wildman–Crippen MR) is 138 cm³/mol. The summed E-state index contributed by atoms with van der Waals surface area (Å²) in [7, 11) is 0. The van der Waals surface area contributed by atoms with Crippen molar-refractivity contribution < 1.29 is 18.1 Å². The highest BCUT2D eigenvalue weighted by Crippen LogP contribution is 2.37. The molecule has 5 aromatic rings. The number of alkyl halides is 3. The first-order chi connectivity index (χ1) is 17.8. The molecule has 0 spiro atoms. The molecule has 1 N–H and O–H groups in total. The molecule has 0 saturated carbocycles. The highest BCUT2D eigenvalue weighted by molar-refractivity contribution is 6.07. The molecule has 0 saturated heterocycles. The lowest BCUT2D eigenvalue weighted by atomic mass is 10.1. The number of rotatable bonds is 6. The number of aromatic nitrogens is 1. The summed E-state index contributed by atoms with van der Waals surface area (Å²) >= 11 is 0. The Bertz CT molecular complexity index is 1610. The molecule has 0 bridgehead atoms. The summed E-state index contributed by atoms with van der Waals surface area (Å²) in [6.45, 7) is 0. The van der Waals surface area contributed by atoms with Crippen LogP contribution in [0, 0.1) is 10.1 Å². The Morgan fingerprint density at radius 1 is 0.865 bits per heavy atom. The Morgan fingerprint density at radius 2 is 1.51 bits per heavy atom. The fourth-order valence-electron chi connectivity index (χ4n) is 4.24. The molecule has 6 nitrogen and oxygen atoms in total. The number of nitro groups is 1. The van der Waals surface area contributed by atoms with Crippen molar-refractivity contribution in [3.63, 3.8) is 0 Å². The molecule has 0 aliphatic heterocycles. The van der Waals surface area contributed by atoms with Crippen LogP contribution in [0.2, 0.25) is 0 Å². The lowest BCUT2D eigenvalue weighted by Gasteiger charge is -2.12. The van der Waals surface area contributed by atoms with Gasteiger partial charge in [-0.25, -0.2) is 0 Å². The van der Waals surface area contributed by atoms with Gasteiger partial charge in [0.05, 0.1) is 27.9 Å². The van der Waals surface area contributed by atoms with Crippen molar-refractivity contribution in [1.82, 2.24) is 4.57 Å². The Morgan fingerprint density at radius 3 is 2.19 bits per heavy atom. The summed E-state index contributed by atoms with van der Waals surface area (Å²) in [6.07, 6.45) is -3.16. The maximum absolute atomic E-state index is 13.1. The van der Waals surface area contributed by atoms with Crippen LogP contribution in [-0.4, -0.2) is 15.7 Å². The van der Waals surface area contributed by atoms with Crippen LogP contribution in [-0.2, 0) is 6.18 Å². The van der Waals surface area contributed by atoms with Crippen molar-refractivity contribution in [2.24, 2.45) is 5.10 Å². The number of halogens is 3. The number of benzene rings is 4. The van der Waals surface area contributed by atoms with Crippen LogP contribution in [0.4, 0.5) is 24.5 Å². The van der Waals surface area contributed by atoms with Gasteiger partial charge in [0.1, 0.15) is 5.69 Å². The van der Waals surface area contributed by atoms with E-state index in [1.54, 1.807) is 0 Å². The number of hydrogen-bond donors (Lipinski definition) is 1. The van der Waals surface area contributed by atoms with Gasteiger partial charge in [-0.2, -0.15) is 18.3 Å². The largest absolute Gasteiger partial charge is 0.416 e. The first-order valence-corrected chi connectivity index (χ1v) is 11.2. The van der Waals surface area contributed by atoms with Crippen molar-refractivity contribution in [3.05, 3.63) is 124 Å². The smallest absolute Gasteiger partial charge is 0.309 e. The van der Waals surface area contributed by atoms with Crippen LogP contribution in [0.25, 0.3) is 27.8 Å². The van der Waals surface area contributed by atoms with E-state index in [2.05, 4.69) is 15.1 Å². The van der Waals surface area contributed by atoms with Gasteiger partial charge in [0.2, 0.25) is 0 Å². The fourth-order valence-corrected chi connectivity index (χ4v) is 4.24. The zero-order chi connectivity index (χ0) is 26.0. The third kappa shape index (κ3) is 4.66. The van der Waals surface area contributed by atoms with Crippen LogP contribution < -0.4 is 5.43 Å². The normalized spacial score (nSPS) is 11.8. The van der Waals surface area contributed by atoms with Gasteiger partial charge in [-0.3, -0.25) is 15.5 Å². The van der Waals surface area contributed by atoms with E-state index in [-0.39, 0.29) is 5.69 Å². The standard InChI is InChI=1S/C28H19F3N4O2/c29-28(30,31)20-15-16-24(26(17-20)35(36)37)33-32-18-23-22-13-7-8-14-25(22)34(21-11-5-2-6-12-21)27(23)19-9-3-1-4-10-19/h1-18,33H. The van der Waals surface area contributed by atoms with Gasteiger partial charge in [0, 0.05) is 22.7 Å². The SMILES string of the molecule is O=[N+]([O-])c1cc(C(F)(F)F)ccc1NN=Cc1c(-c2ccccc2)n(-c2ccccc2)c2ccccc12. The quantitative estimate of drug-likeness (QED) is 0.148. The maximum atomic E-state index is 13.1. The number of hydrogen-bond acceptors (Lipinski definition) is 4. The summed E-state index contributed by atoms with van der Waals surface area (Å²) in [5, 5.41) is 16.6. The second-order valence-corrected chi connectivity index (χ2v) is 8.17. The summed E-state index contributed by atoms with van der Waals surface area (Å²) in [5.41, 5.74) is 4.96. The fraction of sp³-hybridized carbons (Fsp3) is 0.0357. The minimum absolute atomic E-state index is 0.151. The zero-order valence-electron chi connectivity index (χ0n) is 19.2. The minimum atomic E-state index is -4.70. The molecule has 0 aliphatic carbocycles. The Kier molecular flexibility index (Phi) is 6.19. The number of hydrazone groups is 1. The molecule has 0 amide bonds. The number of nitrogens with one attached hydrogen (secondary N) is 1. The molecule has 0 fully saturated rings.